The van der Waals surface area contributed by atoms with Crippen molar-refractivity contribution in [3.63, 3.8) is 0 Å². The number of nitrogens with two attached hydrogens (primary N) is 1. The van der Waals surface area contributed by atoms with Gasteiger partial charge in [-0.05, 0) is 12.5 Å². The van der Waals surface area contributed by atoms with Crippen molar-refractivity contribution in [1.29, 1.82) is 0 Å². The first-order valence-electron chi connectivity index (χ1n) is 7.06. The molecule has 1 aliphatic heterocycles. The van der Waals surface area contributed by atoms with Crippen molar-refractivity contribution < 1.29 is 40.1 Å². The molecule has 116 valence electrons. The van der Waals surface area contributed by atoms with Crippen molar-refractivity contribution in [2.45, 2.75) is 38.0 Å². The van der Waals surface area contributed by atoms with E-state index < -0.39 is 0 Å². The molecular formula is C15H26Cl2N2O. The SMILES string of the molecule is CC([NH2+]C1CC[NH+](C)CC1)C(O)c1ccccc1.[Cl-].[Cl-]. The summed E-state index contributed by atoms with van der Waals surface area (Å²) < 4.78 is 0. The molecule has 5 heteroatoms. The van der Waals surface area contributed by atoms with Crippen LogP contribution in [0.1, 0.15) is 31.4 Å². The molecular weight excluding hydrogens is 295 g/mol. The summed E-state index contributed by atoms with van der Waals surface area (Å²) in [4.78, 5) is 1.64. The minimum atomic E-state index is -0.363. The second-order valence-corrected chi connectivity index (χ2v) is 5.70. The van der Waals surface area contributed by atoms with E-state index in [1.165, 1.54) is 25.9 Å². The average Bonchev–Trinajstić information content (AvgIpc) is 2.41. The van der Waals surface area contributed by atoms with Crippen LogP contribution in [0.5, 0.6) is 0 Å². The summed E-state index contributed by atoms with van der Waals surface area (Å²) in [5, 5.41) is 12.7. The van der Waals surface area contributed by atoms with Crippen LogP contribution in [0.2, 0.25) is 0 Å². The molecule has 1 aromatic carbocycles. The van der Waals surface area contributed by atoms with Gasteiger partial charge in [0.05, 0.1) is 26.2 Å². The normalized spacial score (nSPS) is 24.9. The van der Waals surface area contributed by atoms with E-state index >= 15 is 0 Å². The van der Waals surface area contributed by atoms with Gasteiger partial charge in [0.2, 0.25) is 0 Å². The minimum Gasteiger partial charge on any atom is -1.00 e. The third-order valence-electron chi connectivity index (χ3n) is 4.10. The van der Waals surface area contributed by atoms with Crippen LogP contribution in [-0.2, 0) is 0 Å². The molecule has 4 N–H and O–H groups in total. The Kier molecular flexibility index (Phi) is 9.43. The highest BCUT2D eigenvalue weighted by atomic mass is 35.5. The number of aliphatic hydroxyl groups is 1. The lowest BCUT2D eigenvalue weighted by atomic mass is 10.00. The summed E-state index contributed by atoms with van der Waals surface area (Å²) in [7, 11) is 2.26. The van der Waals surface area contributed by atoms with E-state index in [4.69, 9.17) is 0 Å². The molecule has 2 atom stereocenters. The maximum absolute atomic E-state index is 10.3. The molecule has 0 radical (unpaired) electrons. The van der Waals surface area contributed by atoms with E-state index in [9.17, 15) is 5.11 Å². The zero-order chi connectivity index (χ0) is 13.0. The monoisotopic (exact) mass is 320 g/mol. The lowest BCUT2D eigenvalue weighted by Gasteiger charge is -2.28. The van der Waals surface area contributed by atoms with E-state index in [-0.39, 0.29) is 37.0 Å². The number of likely N-dealkylation sites (tertiary alicyclic amines) is 1. The van der Waals surface area contributed by atoms with Gasteiger partial charge in [-0.25, -0.2) is 0 Å². The van der Waals surface area contributed by atoms with E-state index in [2.05, 4.69) is 19.3 Å². The highest BCUT2D eigenvalue weighted by Gasteiger charge is 2.27. The predicted molar refractivity (Wildman–Crippen MR) is 72.4 cm³/mol. The molecule has 1 aliphatic rings. The quantitative estimate of drug-likeness (QED) is 0.507. The van der Waals surface area contributed by atoms with Crippen LogP contribution >= 0.6 is 0 Å². The van der Waals surface area contributed by atoms with Crippen LogP contribution in [-0.4, -0.2) is 37.3 Å². The molecule has 0 bridgehead atoms. The Hall–Kier alpha value is -0.320. The molecule has 0 amide bonds. The second kappa shape index (κ2) is 9.59. The number of nitrogens with one attached hydrogen (secondary N) is 1. The van der Waals surface area contributed by atoms with Crippen LogP contribution in [0.4, 0.5) is 0 Å². The molecule has 0 spiro atoms. The van der Waals surface area contributed by atoms with Crippen molar-refractivity contribution >= 4 is 0 Å². The Morgan fingerprint density at radius 2 is 1.70 bits per heavy atom. The second-order valence-electron chi connectivity index (χ2n) is 5.70. The Bertz CT molecular complexity index is 356. The molecule has 1 aromatic rings. The van der Waals surface area contributed by atoms with Gasteiger partial charge >= 0.3 is 0 Å². The minimum absolute atomic E-state index is 0. The lowest BCUT2D eigenvalue weighted by molar-refractivity contribution is -0.895. The number of halogens is 2. The number of hydrogen-bond donors (Lipinski definition) is 3. The fraction of sp³-hybridized carbons (Fsp3) is 0.600. The smallest absolute Gasteiger partial charge is 0.130 e. The first kappa shape index (κ1) is 19.7. The highest BCUT2D eigenvalue weighted by molar-refractivity contribution is 5.17. The largest absolute Gasteiger partial charge is 1.00 e. The van der Waals surface area contributed by atoms with Gasteiger partial charge < -0.3 is 40.1 Å². The van der Waals surface area contributed by atoms with Gasteiger partial charge in [0.1, 0.15) is 12.1 Å². The number of hydrogen-bond acceptors (Lipinski definition) is 1. The lowest BCUT2D eigenvalue weighted by Crippen LogP contribution is -3.12. The molecule has 2 unspecified atom stereocenters. The fourth-order valence-corrected chi connectivity index (χ4v) is 2.81. The predicted octanol–water partition coefficient (Wildman–Crippen LogP) is -6.64. The van der Waals surface area contributed by atoms with Crippen molar-refractivity contribution in [1.82, 2.24) is 0 Å². The Balaban J connectivity index is 0.00000180. The first-order valence-corrected chi connectivity index (χ1v) is 7.06. The summed E-state index contributed by atoms with van der Waals surface area (Å²) >= 11 is 0. The molecule has 0 aromatic heterocycles. The topological polar surface area (TPSA) is 41.3 Å². The van der Waals surface area contributed by atoms with E-state index in [0.29, 0.717) is 6.04 Å². The van der Waals surface area contributed by atoms with Crippen molar-refractivity contribution in [2.24, 2.45) is 0 Å². The molecule has 3 nitrogen and oxygen atoms in total. The first-order chi connectivity index (χ1) is 8.66. The van der Waals surface area contributed by atoms with Gasteiger partial charge in [0, 0.05) is 12.8 Å². The zero-order valence-corrected chi connectivity index (χ0v) is 13.7. The van der Waals surface area contributed by atoms with Crippen LogP contribution in [0.3, 0.4) is 0 Å². The van der Waals surface area contributed by atoms with Crippen molar-refractivity contribution in [3.05, 3.63) is 35.9 Å². The van der Waals surface area contributed by atoms with Crippen LogP contribution in [0.25, 0.3) is 0 Å². The average molecular weight is 321 g/mol. The third-order valence-corrected chi connectivity index (χ3v) is 4.10. The van der Waals surface area contributed by atoms with E-state index in [1.807, 2.05) is 30.3 Å². The molecule has 1 fully saturated rings. The summed E-state index contributed by atoms with van der Waals surface area (Å²) in [5.41, 5.74) is 1.03. The number of rotatable bonds is 4. The standard InChI is InChI=1S/C15H24N2O.2ClH/c1-12(15(18)13-6-4-3-5-7-13)16-14-8-10-17(2)11-9-14;;/h3-7,12,14-16,18H,8-11H2,1-2H3;2*1H. The van der Waals surface area contributed by atoms with Gasteiger partial charge in [-0.1, -0.05) is 30.3 Å². The van der Waals surface area contributed by atoms with E-state index in [1.54, 1.807) is 4.90 Å². The summed E-state index contributed by atoms with van der Waals surface area (Å²) in [5.74, 6) is 0. The van der Waals surface area contributed by atoms with E-state index in [0.717, 1.165) is 5.56 Å². The van der Waals surface area contributed by atoms with Crippen LogP contribution in [0.15, 0.2) is 30.3 Å². The van der Waals surface area contributed by atoms with Gasteiger partial charge in [-0.2, -0.15) is 0 Å². The number of aliphatic hydroxyl groups excluding tert-OH is 1. The number of quaternary nitrogens is 2. The van der Waals surface area contributed by atoms with Crippen LogP contribution in [0, 0.1) is 0 Å². The van der Waals surface area contributed by atoms with Crippen LogP contribution < -0.4 is 35.0 Å². The number of piperidine rings is 1. The fourth-order valence-electron chi connectivity index (χ4n) is 2.81. The van der Waals surface area contributed by atoms with Gasteiger partial charge in [0.25, 0.3) is 0 Å². The summed E-state index contributed by atoms with van der Waals surface area (Å²) in [6.07, 6.45) is 2.16. The van der Waals surface area contributed by atoms with Gasteiger partial charge in [-0.3, -0.25) is 0 Å². The maximum atomic E-state index is 10.3. The Labute approximate surface area is 134 Å². The van der Waals surface area contributed by atoms with Gasteiger partial charge in [0.15, 0.2) is 0 Å². The molecule has 1 saturated heterocycles. The summed E-state index contributed by atoms with van der Waals surface area (Å²) in [6.45, 7) is 4.65. The van der Waals surface area contributed by atoms with Gasteiger partial charge in [-0.15, -0.1) is 0 Å². The summed E-state index contributed by atoms with van der Waals surface area (Å²) in [6, 6.07) is 10.9. The molecule has 20 heavy (non-hydrogen) atoms. The molecule has 0 aliphatic carbocycles. The molecule has 2 rings (SSSR count). The Morgan fingerprint density at radius 1 is 1.15 bits per heavy atom. The maximum Gasteiger partial charge on any atom is 0.130 e. The van der Waals surface area contributed by atoms with Crippen molar-refractivity contribution in [2.75, 3.05) is 20.1 Å². The third kappa shape index (κ3) is 5.58. The molecule has 0 saturated carbocycles. The molecule has 1 heterocycles. The van der Waals surface area contributed by atoms with Crippen molar-refractivity contribution in [3.8, 4) is 0 Å². The zero-order valence-electron chi connectivity index (χ0n) is 12.2. The number of benzene rings is 1. The highest BCUT2D eigenvalue weighted by Crippen LogP contribution is 2.14. The Morgan fingerprint density at radius 3 is 2.25 bits per heavy atom.